The molecule has 0 aliphatic carbocycles. The quantitative estimate of drug-likeness (QED) is 0.321. The number of halogens is 1. The molecule has 0 atom stereocenters. The number of para-hydroxylation sites is 1. The van der Waals surface area contributed by atoms with E-state index in [2.05, 4.69) is 20.9 Å². The minimum Gasteiger partial charge on any atom is -0.496 e. The molecule has 0 saturated carbocycles. The maximum atomic E-state index is 13.6. The predicted octanol–water partition coefficient (Wildman–Crippen LogP) is 5.40. The van der Waals surface area contributed by atoms with Crippen LogP contribution in [0.1, 0.15) is 30.5 Å². The average molecular weight is 531 g/mol. The number of aliphatic carboxylic acids is 1. The second kappa shape index (κ2) is 8.79. The summed E-state index contributed by atoms with van der Waals surface area (Å²) < 4.78 is 13.6. The van der Waals surface area contributed by atoms with Gasteiger partial charge in [0, 0.05) is 10.3 Å². The highest BCUT2D eigenvalue weighted by Gasteiger charge is 2.35. The molecule has 4 aromatic rings. The van der Waals surface area contributed by atoms with E-state index in [-0.39, 0.29) is 5.56 Å². The van der Waals surface area contributed by atoms with Crippen LogP contribution in [0.15, 0.2) is 50.5 Å². The molecule has 0 amide bonds. The zero-order chi connectivity index (χ0) is 23.9. The van der Waals surface area contributed by atoms with Crippen LogP contribution in [0.5, 0.6) is 5.75 Å². The number of aryl methyl sites for hydroxylation is 3. The Morgan fingerprint density at radius 2 is 2.03 bits per heavy atom. The van der Waals surface area contributed by atoms with Gasteiger partial charge in [0.1, 0.15) is 17.6 Å². The fourth-order valence-corrected chi connectivity index (χ4v) is 6.38. The number of carboxylic acids is 1. The Bertz CT molecular complexity index is 1400. The van der Waals surface area contributed by atoms with E-state index in [4.69, 9.17) is 9.15 Å². The van der Waals surface area contributed by atoms with Crippen LogP contribution in [0, 0.1) is 6.92 Å². The number of hydrogen-bond donors (Lipinski definition) is 1. The molecule has 0 aliphatic heterocycles. The molecule has 0 spiro atoms. The molecule has 172 valence electrons. The molecule has 1 aromatic carbocycles. The number of carboxylic acid groups (broad SMARTS) is 1. The van der Waals surface area contributed by atoms with Crippen LogP contribution < -0.4 is 10.3 Å². The lowest BCUT2D eigenvalue weighted by Gasteiger charge is -2.26. The van der Waals surface area contributed by atoms with Crippen molar-refractivity contribution in [2.24, 2.45) is 0 Å². The first kappa shape index (κ1) is 23.3. The topological polar surface area (TPSA) is 94.6 Å². The molecule has 7 nitrogen and oxygen atoms in total. The number of fused-ring (bicyclic) bond motifs is 1. The van der Waals surface area contributed by atoms with Gasteiger partial charge in [-0.3, -0.25) is 9.36 Å². The van der Waals surface area contributed by atoms with Crippen LogP contribution in [0.4, 0.5) is 0 Å². The van der Waals surface area contributed by atoms with Gasteiger partial charge in [0.15, 0.2) is 0 Å². The second-order valence-electron chi connectivity index (χ2n) is 8.18. The van der Waals surface area contributed by atoms with Crippen LogP contribution in [0.2, 0.25) is 0 Å². The minimum atomic E-state index is -1.46. The highest BCUT2D eigenvalue weighted by Crippen LogP contribution is 2.41. The van der Waals surface area contributed by atoms with Crippen LogP contribution in [-0.4, -0.2) is 27.7 Å². The first-order valence-corrected chi connectivity index (χ1v) is 11.9. The van der Waals surface area contributed by atoms with Crippen molar-refractivity contribution in [2.45, 2.75) is 39.2 Å². The summed E-state index contributed by atoms with van der Waals surface area (Å²) in [4.78, 5) is 30.7. The predicted molar refractivity (Wildman–Crippen MR) is 131 cm³/mol. The Kier molecular flexibility index (Phi) is 6.20. The summed E-state index contributed by atoms with van der Waals surface area (Å²) in [5, 5.41) is 10.4. The number of aromatic nitrogens is 2. The van der Waals surface area contributed by atoms with Gasteiger partial charge in [0.05, 0.1) is 28.2 Å². The first-order valence-electron chi connectivity index (χ1n) is 10.3. The third-order valence-corrected chi connectivity index (χ3v) is 8.00. The molecule has 4 rings (SSSR count). The summed E-state index contributed by atoms with van der Waals surface area (Å²) in [5.74, 6) is 0.122. The average Bonchev–Trinajstić information content (AvgIpc) is 3.41. The molecule has 0 saturated heterocycles. The number of carbonyl (C=O) groups is 1. The van der Waals surface area contributed by atoms with Gasteiger partial charge in [0.25, 0.3) is 5.56 Å². The van der Waals surface area contributed by atoms with Crippen molar-refractivity contribution in [1.82, 2.24) is 9.55 Å². The zero-order valence-corrected chi connectivity index (χ0v) is 21.0. The lowest BCUT2D eigenvalue weighted by molar-refractivity contribution is -0.145. The zero-order valence-electron chi connectivity index (χ0n) is 18.6. The molecule has 0 unspecified atom stereocenters. The fourth-order valence-electron chi connectivity index (χ4n) is 3.93. The summed E-state index contributed by atoms with van der Waals surface area (Å²) in [6.07, 6.45) is 4.26. The number of oxazole rings is 1. The monoisotopic (exact) mass is 530 g/mol. The minimum absolute atomic E-state index is 0.364. The molecule has 0 aliphatic rings. The second-order valence-corrected chi connectivity index (χ2v) is 9.96. The maximum absolute atomic E-state index is 13.6. The molecule has 0 bridgehead atoms. The Balaban J connectivity index is 1.98. The largest absolute Gasteiger partial charge is 0.496 e. The van der Waals surface area contributed by atoms with Crippen molar-refractivity contribution in [3.8, 4) is 16.5 Å². The third-order valence-electron chi connectivity index (χ3n) is 5.83. The Hall–Kier alpha value is -2.91. The molecule has 33 heavy (non-hydrogen) atoms. The van der Waals surface area contributed by atoms with E-state index in [1.54, 1.807) is 13.3 Å². The maximum Gasteiger partial charge on any atom is 0.329 e. The third kappa shape index (κ3) is 3.89. The number of pyridine rings is 1. The van der Waals surface area contributed by atoms with E-state index < -0.39 is 11.5 Å². The molecular weight excluding hydrogens is 508 g/mol. The van der Waals surface area contributed by atoms with Crippen molar-refractivity contribution >= 4 is 43.3 Å². The van der Waals surface area contributed by atoms with Gasteiger partial charge in [-0.2, -0.15) is 0 Å². The van der Waals surface area contributed by atoms with Gasteiger partial charge in [0.2, 0.25) is 5.89 Å². The highest BCUT2D eigenvalue weighted by molar-refractivity contribution is 9.10. The Morgan fingerprint density at radius 1 is 1.30 bits per heavy atom. The SMILES string of the molecule is COc1ccccc1CCc1c(Br)n(C(C)(C)C(=O)O)c(=O)c2c(C)c(-c3ncco3)sc12. The highest BCUT2D eigenvalue weighted by atomic mass is 79.9. The smallest absolute Gasteiger partial charge is 0.329 e. The summed E-state index contributed by atoms with van der Waals surface area (Å²) in [5.41, 5.74) is 0.786. The summed E-state index contributed by atoms with van der Waals surface area (Å²) in [7, 11) is 1.63. The van der Waals surface area contributed by atoms with Crippen molar-refractivity contribution in [2.75, 3.05) is 7.11 Å². The van der Waals surface area contributed by atoms with Crippen LogP contribution in [0.25, 0.3) is 20.9 Å². The van der Waals surface area contributed by atoms with E-state index >= 15 is 0 Å². The summed E-state index contributed by atoms with van der Waals surface area (Å²) in [6.45, 7) is 4.89. The van der Waals surface area contributed by atoms with Crippen molar-refractivity contribution in [1.29, 1.82) is 0 Å². The van der Waals surface area contributed by atoms with E-state index in [1.165, 1.54) is 36.0 Å². The molecule has 3 aromatic heterocycles. The van der Waals surface area contributed by atoms with Crippen molar-refractivity contribution in [3.05, 3.63) is 68.4 Å². The van der Waals surface area contributed by atoms with E-state index in [0.717, 1.165) is 32.0 Å². The lowest BCUT2D eigenvalue weighted by Crippen LogP contribution is -2.43. The molecule has 1 N–H and O–H groups in total. The van der Waals surface area contributed by atoms with Gasteiger partial charge >= 0.3 is 5.97 Å². The van der Waals surface area contributed by atoms with Crippen LogP contribution >= 0.6 is 27.3 Å². The number of thiophene rings is 1. The normalized spacial score (nSPS) is 11.8. The number of nitrogens with zero attached hydrogens (tertiary/aromatic N) is 2. The lowest BCUT2D eigenvalue weighted by atomic mass is 10.0. The summed E-state index contributed by atoms with van der Waals surface area (Å²) >= 11 is 5.02. The fraction of sp³-hybridized carbons (Fsp3) is 0.292. The number of rotatable bonds is 7. The van der Waals surface area contributed by atoms with E-state index in [9.17, 15) is 14.7 Å². The number of ether oxygens (including phenoxy) is 1. The van der Waals surface area contributed by atoms with E-state index in [1.807, 2.05) is 31.2 Å². The molecular formula is C24H23BrN2O5S. The van der Waals surface area contributed by atoms with Gasteiger partial charge in [-0.05, 0) is 66.7 Å². The van der Waals surface area contributed by atoms with Gasteiger partial charge < -0.3 is 14.3 Å². The van der Waals surface area contributed by atoms with E-state index in [0.29, 0.717) is 28.7 Å². The number of hydrogen-bond acceptors (Lipinski definition) is 6. The molecule has 0 fully saturated rings. The van der Waals surface area contributed by atoms with Gasteiger partial charge in [-0.1, -0.05) is 18.2 Å². The van der Waals surface area contributed by atoms with Gasteiger partial charge in [-0.15, -0.1) is 11.3 Å². The van der Waals surface area contributed by atoms with Crippen LogP contribution in [-0.2, 0) is 23.2 Å². The standard InChI is InChI=1S/C24H23BrN2O5S/c1-13-17-19(33-18(13)21-26-11-12-32-21)15(10-9-14-7-5-6-8-16(14)31-4)20(25)27(22(17)28)24(2,3)23(29)30/h5-8,11-12H,9-10H2,1-4H3,(H,29,30). The summed E-state index contributed by atoms with van der Waals surface area (Å²) in [6, 6.07) is 7.77. The van der Waals surface area contributed by atoms with Gasteiger partial charge in [-0.25, -0.2) is 9.78 Å². The number of methoxy groups -OCH3 is 1. The number of benzene rings is 1. The van der Waals surface area contributed by atoms with Crippen molar-refractivity contribution < 1.29 is 19.1 Å². The molecule has 0 radical (unpaired) electrons. The van der Waals surface area contributed by atoms with Crippen molar-refractivity contribution in [3.63, 3.8) is 0 Å². The first-order chi connectivity index (χ1) is 15.7. The van der Waals surface area contributed by atoms with Crippen LogP contribution in [0.3, 0.4) is 0 Å². The Morgan fingerprint density at radius 3 is 2.67 bits per heavy atom. The Labute approximate surface area is 202 Å². The molecule has 3 heterocycles. The molecule has 9 heteroatoms.